The molecule has 1 aromatic rings. The fourth-order valence-electron chi connectivity index (χ4n) is 1.83. The largest absolute Gasteiger partial charge is 0.481 e. The average Bonchev–Trinajstić information content (AvgIpc) is 2.86. The van der Waals surface area contributed by atoms with Crippen LogP contribution >= 0.6 is 0 Å². The van der Waals surface area contributed by atoms with Gasteiger partial charge in [0, 0.05) is 6.42 Å². The fourth-order valence-corrected chi connectivity index (χ4v) is 1.83. The molecule has 1 fully saturated rings. The average molecular weight is 244 g/mol. The van der Waals surface area contributed by atoms with Gasteiger partial charge in [0.05, 0.1) is 23.3 Å². The van der Waals surface area contributed by atoms with Gasteiger partial charge in [-0.05, 0) is 37.1 Å². The van der Waals surface area contributed by atoms with E-state index in [0.717, 1.165) is 5.71 Å². The van der Waals surface area contributed by atoms with Crippen molar-refractivity contribution in [3.63, 3.8) is 0 Å². The van der Waals surface area contributed by atoms with Gasteiger partial charge in [-0.2, -0.15) is 5.26 Å². The highest BCUT2D eigenvalue weighted by molar-refractivity contribution is 5.91. The molecule has 1 atom stereocenters. The van der Waals surface area contributed by atoms with Crippen LogP contribution < -0.4 is 4.84 Å². The maximum Gasteiger partial charge on any atom is 0.306 e. The normalized spacial score (nSPS) is 20.6. The van der Waals surface area contributed by atoms with E-state index in [-0.39, 0.29) is 5.92 Å². The van der Waals surface area contributed by atoms with E-state index < -0.39 is 5.97 Å². The van der Waals surface area contributed by atoms with E-state index in [1.54, 1.807) is 24.3 Å². The molecule has 92 valence electrons. The molecule has 1 N–H and O–H groups in total. The molecule has 1 unspecified atom stereocenters. The summed E-state index contributed by atoms with van der Waals surface area (Å²) in [7, 11) is 0. The van der Waals surface area contributed by atoms with E-state index in [1.807, 2.05) is 6.07 Å². The molecule has 0 bridgehead atoms. The zero-order valence-electron chi connectivity index (χ0n) is 9.67. The summed E-state index contributed by atoms with van der Waals surface area (Å²) in [6.45, 7) is 0. The summed E-state index contributed by atoms with van der Waals surface area (Å²) in [5, 5.41) is 21.4. The van der Waals surface area contributed by atoms with Crippen LogP contribution in [0.25, 0.3) is 0 Å². The molecule has 0 amide bonds. The molecule has 0 aromatic heterocycles. The lowest BCUT2D eigenvalue weighted by Gasteiger charge is -2.00. The summed E-state index contributed by atoms with van der Waals surface area (Å²) in [6.07, 6.45) is 1.73. The van der Waals surface area contributed by atoms with Gasteiger partial charge in [-0.25, -0.2) is 0 Å². The van der Waals surface area contributed by atoms with E-state index in [2.05, 4.69) is 5.16 Å². The highest BCUT2D eigenvalue weighted by atomic mass is 16.6. The monoisotopic (exact) mass is 244 g/mol. The Morgan fingerprint density at radius 2 is 2.17 bits per heavy atom. The highest BCUT2D eigenvalue weighted by Crippen LogP contribution is 2.23. The molecule has 5 nitrogen and oxygen atoms in total. The van der Waals surface area contributed by atoms with Crippen molar-refractivity contribution < 1.29 is 14.7 Å². The Balaban J connectivity index is 1.95. The smallest absolute Gasteiger partial charge is 0.306 e. The van der Waals surface area contributed by atoms with Crippen molar-refractivity contribution in [3.8, 4) is 11.8 Å². The predicted molar refractivity (Wildman–Crippen MR) is 64.2 cm³/mol. The number of rotatable bonds is 3. The van der Waals surface area contributed by atoms with Crippen LogP contribution in [-0.2, 0) is 4.79 Å². The molecule has 1 saturated carbocycles. The van der Waals surface area contributed by atoms with Gasteiger partial charge in [0.2, 0.25) is 0 Å². The van der Waals surface area contributed by atoms with E-state index in [0.29, 0.717) is 30.6 Å². The van der Waals surface area contributed by atoms with E-state index in [1.165, 1.54) is 0 Å². The maximum atomic E-state index is 10.8. The third kappa shape index (κ3) is 2.86. The Morgan fingerprint density at radius 1 is 1.44 bits per heavy atom. The first kappa shape index (κ1) is 12.1. The lowest BCUT2D eigenvalue weighted by atomic mass is 10.1. The van der Waals surface area contributed by atoms with Crippen molar-refractivity contribution in [2.24, 2.45) is 11.1 Å². The second-order valence-electron chi connectivity index (χ2n) is 4.16. The summed E-state index contributed by atoms with van der Waals surface area (Å²) in [4.78, 5) is 16.0. The SMILES string of the molecule is N#Cc1ccc(ON=C2CCC(C(=O)O)C2)cc1. The number of hydrogen-bond acceptors (Lipinski definition) is 4. The molecule has 0 heterocycles. The molecule has 0 aliphatic heterocycles. The van der Waals surface area contributed by atoms with Crippen LogP contribution in [0.15, 0.2) is 29.4 Å². The minimum absolute atomic E-state index is 0.340. The van der Waals surface area contributed by atoms with Crippen LogP contribution in [0, 0.1) is 17.2 Å². The third-order valence-corrected chi connectivity index (χ3v) is 2.88. The maximum absolute atomic E-state index is 10.8. The standard InChI is InChI=1S/C13H12N2O3/c14-8-9-1-5-12(6-2-9)18-15-11-4-3-10(7-11)13(16)17/h1-2,5-6,10H,3-4,7H2,(H,16,17). The van der Waals surface area contributed by atoms with Gasteiger partial charge >= 0.3 is 5.97 Å². The molecular formula is C13H12N2O3. The zero-order valence-corrected chi connectivity index (χ0v) is 9.67. The Hall–Kier alpha value is -2.35. The van der Waals surface area contributed by atoms with Gasteiger partial charge in [-0.15, -0.1) is 0 Å². The van der Waals surface area contributed by atoms with Crippen LogP contribution in [-0.4, -0.2) is 16.8 Å². The summed E-state index contributed by atoms with van der Waals surface area (Å²) in [5.41, 5.74) is 1.33. The summed E-state index contributed by atoms with van der Waals surface area (Å²) in [6, 6.07) is 8.62. The molecule has 1 aromatic carbocycles. The predicted octanol–water partition coefficient (Wildman–Crippen LogP) is 2.18. The van der Waals surface area contributed by atoms with Crippen LogP contribution in [0.5, 0.6) is 5.75 Å². The quantitative estimate of drug-likeness (QED) is 0.826. The van der Waals surface area contributed by atoms with E-state index in [9.17, 15) is 4.79 Å². The summed E-state index contributed by atoms with van der Waals surface area (Å²) < 4.78 is 0. The number of hydrogen-bond donors (Lipinski definition) is 1. The van der Waals surface area contributed by atoms with E-state index in [4.69, 9.17) is 15.2 Å². The molecule has 1 aliphatic rings. The number of benzene rings is 1. The molecule has 0 spiro atoms. The highest BCUT2D eigenvalue weighted by Gasteiger charge is 2.27. The summed E-state index contributed by atoms with van der Waals surface area (Å²) >= 11 is 0. The van der Waals surface area contributed by atoms with Crippen LogP contribution in [0.3, 0.4) is 0 Å². The number of oxime groups is 1. The Labute approximate surface area is 104 Å². The number of nitriles is 1. The number of aliphatic carboxylic acids is 1. The number of carboxylic acids is 1. The lowest BCUT2D eigenvalue weighted by molar-refractivity contribution is -0.141. The Morgan fingerprint density at radius 3 is 2.72 bits per heavy atom. The van der Waals surface area contributed by atoms with Crippen LogP contribution in [0.4, 0.5) is 0 Å². The number of carboxylic acid groups (broad SMARTS) is 1. The van der Waals surface area contributed by atoms with Crippen molar-refractivity contribution in [2.75, 3.05) is 0 Å². The molecule has 1 aliphatic carbocycles. The zero-order chi connectivity index (χ0) is 13.0. The Kier molecular flexibility index (Phi) is 3.58. The van der Waals surface area contributed by atoms with Gasteiger partial charge in [0.15, 0.2) is 5.75 Å². The molecule has 18 heavy (non-hydrogen) atoms. The van der Waals surface area contributed by atoms with Gasteiger partial charge < -0.3 is 9.94 Å². The molecule has 5 heteroatoms. The van der Waals surface area contributed by atoms with Crippen LogP contribution in [0.1, 0.15) is 24.8 Å². The van der Waals surface area contributed by atoms with Crippen molar-refractivity contribution in [1.82, 2.24) is 0 Å². The van der Waals surface area contributed by atoms with Gasteiger partial charge in [-0.3, -0.25) is 4.79 Å². The first-order valence-electron chi connectivity index (χ1n) is 5.65. The van der Waals surface area contributed by atoms with Gasteiger partial charge in [0.1, 0.15) is 0 Å². The van der Waals surface area contributed by atoms with Crippen molar-refractivity contribution in [1.29, 1.82) is 5.26 Å². The Bertz CT molecular complexity index is 514. The number of nitrogens with zero attached hydrogens (tertiary/aromatic N) is 2. The first-order chi connectivity index (χ1) is 8.69. The van der Waals surface area contributed by atoms with Crippen LogP contribution in [0.2, 0.25) is 0 Å². The number of carbonyl (C=O) groups is 1. The lowest BCUT2D eigenvalue weighted by Crippen LogP contribution is -2.09. The minimum Gasteiger partial charge on any atom is -0.481 e. The topological polar surface area (TPSA) is 82.7 Å². The minimum atomic E-state index is -0.779. The van der Waals surface area contributed by atoms with Gasteiger partial charge in [-0.1, -0.05) is 5.16 Å². The van der Waals surface area contributed by atoms with E-state index >= 15 is 0 Å². The van der Waals surface area contributed by atoms with Crippen molar-refractivity contribution in [2.45, 2.75) is 19.3 Å². The molecular weight excluding hydrogens is 232 g/mol. The molecule has 2 rings (SSSR count). The first-order valence-corrected chi connectivity index (χ1v) is 5.65. The van der Waals surface area contributed by atoms with Crippen molar-refractivity contribution >= 4 is 11.7 Å². The fraction of sp³-hybridized carbons (Fsp3) is 0.308. The summed E-state index contributed by atoms with van der Waals surface area (Å²) in [5.74, 6) is -0.577. The molecule has 0 radical (unpaired) electrons. The second kappa shape index (κ2) is 5.32. The second-order valence-corrected chi connectivity index (χ2v) is 4.16. The van der Waals surface area contributed by atoms with Gasteiger partial charge in [0.25, 0.3) is 0 Å². The third-order valence-electron chi connectivity index (χ3n) is 2.88. The van der Waals surface area contributed by atoms with Crippen molar-refractivity contribution in [3.05, 3.63) is 29.8 Å². The molecule has 0 saturated heterocycles.